The van der Waals surface area contributed by atoms with Crippen LogP contribution in [0.4, 0.5) is 0 Å². The van der Waals surface area contributed by atoms with Crippen molar-refractivity contribution < 1.29 is 19.6 Å². The van der Waals surface area contributed by atoms with Crippen molar-refractivity contribution in [2.45, 2.75) is 26.8 Å². The Balaban J connectivity index is 1.84. The summed E-state index contributed by atoms with van der Waals surface area (Å²) < 4.78 is 4.84. The molecule has 0 radical (unpaired) electrons. The molecule has 0 saturated carbocycles. The molecule has 3 N–H and O–H groups in total. The van der Waals surface area contributed by atoms with Gasteiger partial charge in [0.15, 0.2) is 0 Å². The fourth-order valence-corrected chi connectivity index (χ4v) is 3.66. The van der Waals surface area contributed by atoms with E-state index >= 15 is 0 Å². The Bertz CT molecular complexity index is 1000. The highest BCUT2D eigenvalue weighted by Gasteiger charge is 2.25. The van der Waals surface area contributed by atoms with E-state index < -0.39 is 5.97 Å². The van der Waals surface area contributed by atoms with Crippen molar-refractivity contribution in [2.24, 2.45) is 0 Å². The van der Waals surface area contributed by atoms with E-state index in [9.17, 15) is 9.59 Å². The number of carbonyl (C=O) groups is 2. The first-order chi connectivity index (χ1) is 13.9. The molecule has 1 atom stereocenters. The number of aromatic amines is 1. The van der Waals surface area contributed by atoms with E-state index in [1.54, 1.807) is 13.8 Å². The zero-order valence-electron chi connectivity index (χ0n) is 17.3. The molecule has 3 rings (SSSR count). The molecule has 0 bridgehead atoms. The Labute approximate surface area is 171 Å². The molecule has 0 aliphatic rings. The third-order valence-electron chi connectivity index (χ3n) is 5.24. The maximum absolute atomic E-state index is 12.9. The molecule has 0 saturated heterocycles. The summed E-state index contributed by atoms with van der Waals surface area (Å²) in [5.41, 5.74) is 5.67. The monoisotopic (exact) mass is 391 g/mol. The first-order valence-electron chi connectivity index (χ1n) is 9.68. The van der Waals surface area contributed by atoms with Crippen LogP contribution in [-0.2, 0) is 4.74 Å². The van der Waals surface area contributed by atoms with Gasteiger partial charge in [-0.05, 0) is 26.3 Å². The smallest absolute Gasteiger partial charge is 0.339 e. The number of quaternary nitrogens is 1. The van der Waals surface area contributed by atoms with E-state index in [-0.39, 0.29) is 18.4 Å². The van der Waals surface area contributed by atoms with Gasteiger partial charge in [0.05, 0.1) is 18.4 Å². The lowest BCUT2D eigenvalue weighted by atomic mass is 9.97. The second kappa shape index (κ2) is 8.88. The van der Waals surface area contributed by atoms with Crippen molar-refractivity contribution in [1.82, 2.24) is 4.98 Å². The quantitative estimate of drug-likeness (QED) is 0.479. The van der Waals surface area contributed by atoms with Gasteiger partial charge in [0.25, 0.3) is 0 Å². The Morgan fingerprint density at radius 1 is 0.966 bits per heavy atom. The Morgan fingerprint density at radius 3 is 2.21 bits per heavy atom. The molecule has 5 heteroatoms. The van der Waals surface area contributed by atoms with Gasteiger partial charge in [-0.1, -0.05) is 60.2 Å². The third kappa shape index (κ3) is 4.46. The predicted octanol–water partition coefficient (Wildman–Crippen LogP) is 3.26. The highest BCUT2D eigenvalue weighted by Crippen LogP contribution is 2.20. The molecular formula is C24H27N2O3+. The number of carbonyl (C=O) groups excluding carboxylic acids is 2. The van der Waals surface area contributed by atoms with E-state index in [1.807, 2.05) is 23.5 Å². The van der Waals surface area contributed by atoms with Gasteiger partial charge in [0.1, 0.15) is 12.6 Å². The van der Waals surface area contributed by atoms with Gasteiger partial charge in [-0.2, -0.15) is 0 Å². The van der Waals surface area contributed by atoms with E-state index in [0.717, 1.165) is 11.1 Å². The fraction of sp³-hybridized carbons (Fsp3) is 0.250. The fourth-order valence-electron chi connectivity index (χ4n) is 3.66. The number of methoxy groups -OCH3 is 1. The van der Waals surface area contributed by atoms with Crippen LogP contribution in [-0.4, -0.2) is 30.4 Å². The van der Waals surface area contributed by atoms with Crippen LogP contribution < -0.4 is 5.32 Å². The zero-order valence-corrected chi connectivity index (χ0v) is 17.3. The molecule has 2 aromatic carbocycles. The summed E-state index contributed by atoms with van der Waals surface area (Å²) in [4.78, 5) is 28.0. The predicted molar refractivity (Wildman–Crippen MR) is 112 cm³/mol. The third-order valence-corrected chi connectivity index (χ3v) is 5.24. The number of nitrogens with one attached hydrogen (secondary N) is 1. The first kappa shape index (κ1) is 20.6. The summed E-state index contributed by atoms with van der Waals surface area (Å²) in [6.45, 7) is 5.87. The van der Waals surface area contributed by atoms with Gasteiger partial charge >= 0.3 is 5.97 Å². The van der Waals surface area contributed by atoms with Crippen LogP contribution in [0.3, 0.4) is 0 Å². The molecule has 0 aliphatic carbocycles. The Morgan fingerprint density at radius 2 is 1.59 bits per heavy atom. The van der Waals surface area contributed by atoms with Gasteiger partial charge in [0, 0.05) is 16.8 Å². The second-order valence-corrected chi connectivity index (χ2v) is 7.28. The van der Waals surface area contributed by atoms with Crippen molar-refractivity contribution in [3.63, 3.8) is 0 Å². The number of Topliss-reactive ketones (excluding diaryl/α,β-unsaturated/α-hetero) is 1. The van der Waals surface area contributed by atoms with Crippen molar-refractivity contribution >= 4 is 11.8 Å². The number of ketones is 1. The second-order valence-electron chi connectivity index (χ2n) is 7.28. The molecule has 0 amide bonds. The molecule has 3 aromatic rings. The minimum Gasteiger partial charge on any atom is -0.465 e. The lowest BCUT2D eigenvalue weighted by molar-refractivity contribution is -0.675. The number of ether oxygens (including phenoxy) is 1. The van der Waals surface area contributed by atoms with Crippen molar-refractivity contribution in [2.75, 3.05) is 13.7 Å². The van der Waals surface area contributed by atoms with Crippen LogP contribution in [0.2, 0.25) is 0 Å². The van der Waals surface area contributed by atoms with Crippen LogP contribution in [0.25, 0.3) is 0 Å². The first-order valence-corrected chi connectivity index (χ1v) is 9.68. The average molecular weight is 391 g/mol. The van der Waals surface area contributed by atoms with E-state index in [2.05, 4.69) is 48.3 Å². The molecule has 0 spiro atoms. The van der Waals surface area contributed by atoms with E-state index in [4.69, 9.17) is 4.74 Å². The van der Waals surface area contributed by atoms with Gasteiger partial charge in [-0.15, -0.1) is 0 Å². The van der Waals surface area contributed by atoms with Crippen LogP contribution >= 0.6 is 0 Å². The minimum absolute atomic E-state index is 0.0113. The number of hydrogen-bond donors (Lipinski definition) is 2. The molecule has 0 aliphatic heterocycles. The lowest BCUT2D eigenvalue weighted by Gasteiger charge is -2.16. The topological polar surface area (TPSA) is 75.8 Å². The van der Waals surface area contributed by atoms with Gasteiger partial charge in [-0.25, -0.2) is 4.79 Å². The number of aryl methyl sites for hydroxylation is 2. The SMILES string of the molecule is COC(=O)c1c(C)[nH]c(C(=O)C[NH2+][C@H](c2ccccc2)c2ccc(C)cc2)c1C. The molecule has 5 nitrogen and oxygen atoms in total. The number of rotatable bonds is 7. The summed E-state index contributed by atoms with van der Waals surface area (Å²) >= 11 is 0. The number of H-pyrrole nitrogens is 1. The Kier molecular flexibility index (Phi) is 6.29. The summed E-state index contributed by atoms with van der Waals surface area (Å²) in [7, 11) is 1.34. The van der Waals surface area contributed by atoms with Crippen molar-refractivity contribution in [3.8, 4) is 0 Å². The largest absolute Gasteiger partial charge is 0.465 e. The van der Waals surface area contributed by atoms with Crippen molar-refractivity contribution in [3.05, 3.63) is 93.8 Å². The number of benzene rings is 2. The van der Waals surface area contributed by atoms with Crippen LogP contribution in [0, 0.1) is 20.8 Å². The summed E-state index contributed by atoms with van der Waals surface area (Å²) in [5.74, 6) is -0.477. The minimum atomic E-state index is -0.430. The summed E-state index contributed by atoms with van der Waals surface area (Å²) in [5, 5.41) is 2.04. The standard InChI is InChI=1S/C24H26N2O3/c1-15-10-12-19(13-11-15)23(18-8-6-5-7-9-18)25-14-20(27)22-16(2)21(17(3)26-22)24(28)29-4/h5-13,23,25-26H,14H2,1-4H3/p+1/t23-/m1/s1. The zero-order chi connectivity index (χ0) is 21.0. The van der Waals surface area contributed by atoms with E-state index in [1.165, 1.54) is 12.7 Å². The molecule has 0 fully saturated rings. The highest BCUT2D eigenvalue weighted by atomic mass is 16.5. The number of aromatic nitrogens is 1. The lowest BCUT2D eigenvalue weighted by Crippen LogP contribution is -2.87. The van der Waals surface area contributed by atoms with Crippen LogP contribution in [0.1, 0.15) is 54.8 Å². The number of nitrogens with two attached hydrogens (primary N) is 1. The van der Waals surface area contributed by atoms with E-state index in [0.29, 0.717) is 22.5 Å². The normalized spacial score (nSPS) is 11.9. The number of hydrogen-bond acceptors (Lipinski definition) is 3. The summed E-state index contributed by atoms with van der Waals surface area (Å²) in [6, 6.07) is 18.5. The maximum Gasteiger partial charge on any atom is 0.339 e. The van der Waals surface area contributed by atoms with Gasteiger partial charge in [-0.3, -0.25) is 4.79 Å². The van der Waals surface area contributed by atoms with Gasteiger partial charge < -0.3 is 15.0 Å². The van der Waals surface area contributed by atoms with Crippen molar-refractivity contribution in [1.29, 1.82) is 0 Å². The molecule has 0 unspecified atom stereocenters. The highest BCUT2D eigenvalue weighted by molar-refractivity contribution is 6.01. The molecular weight excluding hydrogens is 364 g/mol. The average Bonchev–Trinajstić information content (AvgIpc) is 3.03. The molecule has 1 heterocycles. The van der Waals surface area contributed by atoms with Crippen LogP contribution in [0.5, 0.6) is 0 Å². The maximum atomic E-state index is 12.9. The Hall–Kier alpha value is -3.18. The van der Waals surface area contributed by atoms with Gasteiger partial charge in [0.2, 0.25) is 5.78 Å². The molecule has 29 heavy (non-hydrogen) atoms. The number of esters is 1. The van der Waals surface area contributed by atoms with Crippen LogP contribution in [0.15, 0.2) is 54.6 Å². The summed E-state index contributed by atoms with van der Waals surface area (Å²) in [6.07, 6.45) is 0. The molecule has 150 valence electrons. The molecule has 1 aromatic heterocycles.